The van der Waals surface area contributed by atoms with Crippen molar-refractivity contribution in [2.24, 2.45) is 52.1 Å². The van der Waals surface area contributed by atoms with Gasteiger partial charge < -0.3 is 10.8 Å². The summed E-state index contributed by atoms with van der Waals surface area (Å²) in [4.78, 5) is 12.5. The molecule has 0 aromatic heterocycles. The van der Waals surface area contributed by atoms with Gasteiger partial charge in [0, 0.05) is 5.57 Å². The number of aliphatic hydroxyl groups excluding tert-OH is 1. The fraction of sp³-hybridized carbons (Fsp3) is 0.893. The lowest BCUT2D eigenvalue weighted by atomic mass is 9.46. The number of hydrogen-bond acceptors (Lipinski definition) is 2. The number of carbonyl (C=O) groups is 1. The largest absolute Gasteiger partial charge is 0.393 e. The number of rotatable bonds is 6. The van der Waals surface area contributed by atoms with E-state index in [0.29, 0.717) is 23.7 Å². The Balaban J connectivity index is 1.59. The van der Waals surface area contributed by atoms with Gasteiger partial charge in [-0.15, -0.1) is 0 Å². The second kappa shape index (κ2) is 8.50. The first-order valence-electron chi connectivity index (χ1n) is 13.3. The Morgan fingerprint density at radius 2 is 1.77 bits per heavy atom. The molecule has 0 aliphatic heterocycles. The highest BCUT2D eigenvalue weighted by atomic mass is 16.3. The molecule has 3 fully saturated rings. The molecule has 3 saturated carbocycles. The molecule has 176 valence electrons. The summed E-state index contributed by atoms with van der Waals surface area (Å²) >= 11 is 0. The Hall–Kier alpha value is -0.830. The minimum absolute atomic E-state index is 0.0643. The molecule has 8 atom stereocenters. The maximum atomic E-state index is 12.5. The van der Waals surface area contributed by atoms with Crippen molar-refractivity contribution >= 4 is 5.91 Å². The third-order valence-corrected chi connectivity index (χ3v) is 10.7. The van der Waals surface area contributed by atoms with Crippen LogP contribution in [0.3, 0.4) is 0 Å². The first kappa shape index (κ1) is 23.3. The molecule has 3 heteroatoms. The summed E-state index contributed by atoms with van der Waals surface area (Å²) in [6.45, 7) is 12.2. The van der Waals surface area contributed by atoms with E-state index in [0.717, 1.165) is 48.5 Å². The lowest BCUT2D eigenvalue weighted by molar-refractivity contribution is -0.116. The van der Waals surface area contributed by atoms with Gasteiger partial charge in [0.2, 0.25) is 5.91 Å². The zero-order chi connectivity index (χ0) is 22.6. The summed E-state index contributed by atoms with van der Waals surface area (Å²) in [6, 6.07) is 0. The van der Waals surface area contributed by atoms with Gasteiger partial charge in [0.25, 0.3) is 0 Å². The molecule has 4 aliphatic carbocycles. The summed E-state index contributed by atoms with van der Waals surface area (Å²) in [5, 5.41) is 10.4. The lowest BCUT2D eigenvalue weighted by Gasteiger charge is -2.59. The molecule has 31 heavy (non-hydrogen) atoms. The Labute approximate surface area is 190 Å². The highest BCUT2D eigenvalue weighted by Crippen LogP contribution is 2.68. The highest BCUT2D eigenvalue weighted by Gasteiger charge is 2.60. The monoisotopic (exact) mass is 429 g/mol. The van der Waals surface area contributed by atoms with E-state index in [1.54, 1.807) is 0 Å². The molecule has 1 amide bonds. The molecule has 0 aromatic carbocycles. The van der Waals surface area contributed by atoms with E-state index in [2.05, 4.69) is 34.6 Å². The predicted molar refractivity (Wildman–Crippen MR) is 127 cm³/mol. The molecule has 0 aromatic rings. The Bertz CT molecular complexity index is 727. The molecule has 4 rings (SSSR count). The van der Waals surface area contributed by atoms with Gasteiger partial charge in [0.15, 0.2) is 0 Å². The van der Waals surface area contributed by atoms with Crippen molar-refractivity contribution in [3.63, 3.8) is 0 Å². The average molecular weight is 430 g/mol. The molecule has 3 N–H and O–H groups in total. The van der Waals surface area contributed by atoms with Crippen molar-refractivity contribution in [2.75, 3.05) is 0 Å². The summed E-state index contributed by atoms with van der Waals surface area (Å²) in [7, 11) is 0. The van der Waals surface area contributed by atoms with E-state index in [1.165, 1.54) is 50.5 Å². The number of hydrogen-bond donors (Lipinski definition) is 2. The van der Waals surface area contributed by atoms with Gasteiger partial charge in [-0.3, -0.25) is 4.79 Å². The highest BCUT2D eigenvalue weighted by molar-refractivity contribution is 5.93. The van der Waals surface area contributed by atoms with Crippen molar-refractivity contribution in [1.29, 1.82) is 0 Å². The van der Waals surface area contributed by atoms with Crippen molar-refractivity contribution in [3.05, 3.63) is 11.1 Å². The van der Waals surface area contributed by atoms with E-state index in [4.69, 9.17) is 5.73 Å². The second-order valence-electron chi connectivity index (χ2n) is 12.7. The Morgan fingerprint density at radius 3 is 2.45 bits per heavy atom. The second-order valence-corrected chi connectivity index (χ2v) is 12.7. The summed E-state index contributed by atoms with van der Waals surface area (Å²) in [6.07, 6.45) is 12.5. The quantitative estimate of drug-likeness (QED) is 0.524. The molecular formula is C28H47NO2. The fourth-order valence-corrected chi connectivity index (χ4v) is 9.06. The van der Waals surface area contributed by atoms with Crippen LogP contribution in [0.2, 0.25) is 0 Å². The van der Waals surface area contributed by atoms with Crippen LogP contribution < -0.4 is 5.73 Å². The molecular weight excluding hydrogens is 382 g/mol. The number of nitrogens with two attached hydrogens (primary N) is 1. The number of carbonyl (C=O) groups excluding carboxylic acids is 1. The zero-order valence-corrected chi connectivity index (χ0v) is 20.8. The van der Waals surface area contributed by atoms with Crippen LogP contribution in [-0.4, -0.2) is 17.1 Å². The van der Waals surface area contributed by atoms with Gasteiger partial charge in [-0.1, -0.05) is 59.5 Å². The van der Waals surface area contributed by atoms with Crippen LogP contribution in [0.1, 0.15) is 105 Å². The van der Waals surface area contributed by atoms with E-state index >= 15 is 0 Å². The van der Waals surface area contributed by atoms with Crippen molar-refractivity contribution < 1.29 is 9.90 Å². The SMILES string of the molecule is CC(C)CCC[C@@H](C)[C@H]1CC[C@H]2[C@@H]3CC(C(N)=O)=C4C[C@@H](O)CC[C@]4(C)[C@H]3CC[C@]12C. The van der Waals surface area contributed by atoms with Crippen LogP contribution in [0, 0.1) is 46.3 Å². The summed E-state index contributed by atoms with van der Waals surface area (Å²) in [5.41, 5.74) is 8.54. The van der Waals surface area contributed by atoms with Gasteiger partial charge in [-0.25, -0.2) is 0 Å². The van der Waals surface area contributed by atoms with Crippen LogP contribution in [0.5, 0.6) is 0 Å². The molecule has 3 nitrogen and oxygen atoms in total. The number of aliphatic hydroxyl groups is 1. The van der Waals surface area contributed by atoms with E-state index in [9.17, 15) is 9.90 Å². The molecule has 0 unspecified atom stereocenters. The molecule has 0 saturated heterocycles. The van der Waals surface area contributed by atoms with Gasteiger partial charge in [0.1, 0.15) is 0 Å². The first-order valence-corrected chi connectivity index (χ1v) is 13.3. The smallest absolute Gasteiger partial charge is 0.244 e. The molecule has 0 heterocycles. The normalized spacial score (nSPS) is 43.4. The zero-order valence-electron chi connectivity index (χ0n) is 20.8. The standard InChI is InChI=1S/C28H47NO2/c1-17(2)7-6-8-18(3)22-9-10-23-20-16-21(26(29)31)25-15-19(30)11-13-28(25,5)24(20)12-14-27(22,23)4/h17-20,22-24,30H,6-16H2,1-5H3,(H2,29,31)/t18-,19+,20+,22-,23+,24+,27-,28-/m1/s1. The Kier molecular flexibility index (Phi) is 6.40. The first-order chi connectivity index (χ1) is 14.6. The number of amides is 1. The molecule has 4 aliphatic rings. The number of fused-ring (bicyclic) bond motifs is 5. The molecule has 0 bridgehead atoms. The van der Waals surface area contributed by atoms with Gasteiger partial charge >= 0.3 is 0 Å². The van der Waals surface area contributed by atoms with Crippen LogP contribution >= 0.6 is 0 Å². The predicted octanol–water partition coefficient (Wildman–Crippen LogP) is 6.24. The Morgan fingerprint density at radius 1 is 1.03 bits per heavy atom. The molecule has 0 spiro atoms. The topological polar surface area (TPSA) is 63.3 Å². The van der Waals surface area contributed by atoms with E-state index < -0.39 is 0 Å². The maximum Gasteiger partial charge on any atom is 0.244 e. The minimum atomic E-state index is -0.301. The van der Waals surface area contributed by atoms with Gasteiger partial charge in [0.05, 0.1) is 6.10 Å². The van der Waals surface area contributed by atoms with Crippen LogP contribution in [-0.2, 0) is 4.79 Å². The summed E-state index contributed by atoms with van der Waals surface area (Å²) < 4.78 is 0. The average Bonchev–Trinajstić information content (AvgIpc) is 3.05. The van der Waals surface area contributed by atoms with Crippen molar-refractivity contribution in [2.45, 2.75) is 111 Å². The van der Waals surface area contributed by atoms with Crippen molar-refractivity contribution in [1.82, 2.24) is 0 Å². The third-order valence-electron chi connectivity index (χ3n) is 10.7. The van der Waals surface area contributed by atoms with E-state index in [1.807, 2.05) is 0 Å². The van der Waals surface area contributed by atoms with Crippen LogP contribution in [0.15, 0.2) is 11.1 Å². The van der Waals surface area contributed by atoms with Gasteiger partial charge in [-0.2, -0.15) is 0 Å². The van der Waals surface area contributed by atoms with Crippen LogP contribution in [0.25, 0.3) is 0 Å². The third kappa shape index (κ3) is 3.91. The molecule has 0 radical (unpaired) electrons. The van der Waals surface area contributed by atoms with Crippen LogP contribution in [0.4, 0.5) is 0 Å². The maximum absolute atomic E-state index is 12.5. The van der Waals surface area contributed by atoms with E-state index in [-0.39, 0.29) is 17.4 Å². The lowest BCUT2D eigenvalue weighted by Crippen LogP contribution is -2.52. The number of primary amides is 1. The summed E-state index contributed by atoms with van der Waals surface area (Å²) in [5.74, 6) is 4.19. The van der Waals surface area contributed by atoms with Crippen molar-refractivity contribution in [3.8, 4) is 0 Å². The minimum Gasteiger partial charge on any atom is -0.393 e. The van der Waals surface area contributed by atoms with Gasteiger partial charge in [-0.05, 0) is 97.7 Å². The fourth-order valence-electron chi connectivity index (χ4n) is 9.06.